The molecule has 0 saturated heterocycles. The third-order valence-corrected chi connectivity index (χ3v) is 4.51. The summed E-state index contributed by atoms with van der Waals surface area (Å²) in [5.41, 5.74) is 4.66. The molecule has 0 saturated carbocycles. The summed E-state index contributed by atoms with van der Waals surface area (Å²) in [6, 6.07) is 18.8. The lowest BCUT2D eigenvalue weighted by atomic mass is 10.1. The number of aryl methyl sites for hydroxylation is 1. The molecule has 2 heterocycles. The number of hydrogen-bond acceptors (Lipinski definition) is 4. The monoisotopic (exact) mass is 387 g/mol. The van der Waals surface area contributed by atoms with Gasteiger partial charge in [-0.1, -0.05) is 12.1 Å². The van der Waals surface area contributed by atoms with E-state index in [1.165, 1.54) is 5.56 Å². The zero-order valence-electron chi connectivity index (χ0n) is 16.3. The Morgan fingerprint density at radius 2 is 1.76 bits per heavy atom. The van der Waals surface area contributed by atoms with Gasteiger partial charge in [0.25, 0.3) is 5.91 Å². The highest BCUT2D eigenvalue weighted by Gasteiger charge is 2.07. The van der Waals surface area contributed by atoms with Gasteiger partial charge in [0.2, 0.25) is 0 Å². The van der Waals surface area contributed by atoms with Crippen LogP contribution in [0.2, 0.25) is 0 Å². The predicted octanol–water partition coefficient (Wildman–Crippen LogP) is 4.34. The molecule has 1 N–H and O–H groups in total. The zero-order valence-corrected chi connectivity index (χ0v) is 16.3. The van der Waals surface area contributed by atoms with Crippen molar-refractivity contribution in [2.75, 3.05) is 19.0 Å². The fourth-order valence-corrected chi connectivity index (χ4v) is 2.97. The second-order valence-corrected chi connectivity index (χ2v) is 6.69. The lowest BCUT2D eigenvalue weighted by molar-refractivity contribution is -0.118. The Balaban J connectivity index is 1.37. The molecule has 6 nitrogen and oxygen atoms in total. The van der Waals surface area contributed by atoms with E-state index in [2.05, 4.69) is 10.3 Å². The van der Waals surface area contributed by atoms with Gasteiger partial charge in [0, 0.05) is 23.6 Å². The lowest BCUT2D eigenvalue weighted by Crippen LogP contribution is -2.20. The number of carbonyl (C=O) groups is 1. The van der Waals surface area contributed by atoms with E-state index in [1.807, 2.05) is 60.1 Å². The standard InChI is InChI=1S/C23H21N3O3/c1-16-11-12-26-14-21(25-22(26)13-16)17-3-5-18(6-4-17)24-23(27)15-29-20-9-7-19(28-2)8-10-20/h3-14H,15H2,1-2H3,(H,24,27). The van der Waals surface area contributed by atoms with Crippen molar-refractivity contribution in [2.24, 2.45) is 0 Å². The van der Waals surface area contributed by atoms with Crippen molar-refractivity contribution in [1.82, 2.24) is 9.38 Å². The van der Waals surface area contributed by atoms with Crippen molar-refractivity contribution < 1.29 is 14.3 Å². The van der Waals surface area contributed by atoms with Gasteiger partial charge in [0.15, 0.2) is 6.61 Å². The van der Waals surface area contributed by atoms with Crippen LogP contribution in [-0.4, -0.2) is 29.0 Å². The third-order valence-electron chi connectivity index (χ3n) is 4.51. The Bertz CT molecular complexity index is 1130. The van der Waals surface area contributed by atoms with Gasteiger partial charge in [0.1, 0.15) is 17.1 Å². The van der Waals surface area contributed by atoms with Crippen molar-refractivity contribution in [2.45, 2.75) is 6.92 Å². The molecule has 1 amide bonds. The normalized spacial score (nSPS) is 10.7. The van der Waals surface area contributed by atoms with Crippen molar-refractivity contribution >= 4 is 17.2 Å². The fourth-order valence-electron chi connectivity index (χ4n) is 2.97. The number of aromatic nitrogens is 2. The van der Waals surface area contributed by atoms with Gasteiger partial charge < -0.3 is 19.2 Å². The first kappa shape index (κ1) is 18.6. The number of amides is 1. The first-order valence-electron chi connectivity index (χ1n) is 9.23. The summed E-state index contributed by atoms with van der Waals surface area (Å²) in [4.78, 5) is 16.8. The van der Waals surface area contributed by atoms with E-state index in [-0.39, 0.29) is 12.5 Å². The molecule has 6 heteroatoms. The van der Waals surface area contributed by atoms with Gasteiger partial charge >= 0.3 is 0 Å². The fraction of sp³-hybridized carbons (Fsp3) is 0.130. The van der Waals surface area contributed by atoms with Crippen LogP contribution in [0.5, 0.6) is 11.5 Å². The van der Waals surface area contributed by atoms with Crippen LogP contribution >= 0.6 is 0 Å². The largest absolute Gasteiger partial charge is 0.497 e. The maximum absolute atomic E-state index is 12.1. The first-order valence-corrected chi connectivity index (χ1v) is 9.23. The third kappa shape index (κ3) is 4.38. The molecule has 4 aromatic rings. The topological polar surface area (TPSA) is 64.9 Å². The molecule has 0 aliphatic carbocycles. The van der Waals surface area contributed by atoms with Gasteiger partial charge in [0.05, 0.1) is 12.8 Å². The molecule has 0 atom stereocenters. The zero-order chi connectivity index (χ0) is 20.2. The summed E-state index contributed by atoms with van der Waals surface area (Å²) in [5, 5.41) is 2.83. The van der Waals surface area contributed by atoms with Gasteiger partial charge in [-0.05, 0) is 61.0 Å². The average Bonchev–Trinajstić information content (AvgIpc) is 3.16. The summed E-state index contributed by atoms with van der Waals surface area (Å²) in [5.74, 6) is 1.12. The molecule has 146 valence electrons. The molecule has 0 aliphatic heterocycles. The SMILES string of the molecule is COc1ccc(OCC(=O)Nc2ccc(-c3cn4ccc(C)cc4n3)cc2)cc1. The highest BCUT2D eigenvalue weighted by atomic mass is 16.5. The number of pyridine rings is 1. The number of methoxy groups -OCH3 is 1. The Hall–Kier alpha value is -3.80. The number of nitrogens with zero attached hydrogens (tertiary/aromatic N) is 2. The molecule has 2 aromatic heterocycles. The number of benzene rings is 2. The van der Waals surface area contributed by atoms with Crippen LogP contribution < -0.4 is 14.8 Å². The van der Waals surface area contributed by atoms with E-state index in [9.17, 15) is 4.79 Å². The lowest BCUT2D eigenvalue weighted by Gasteiger charge is -2.08. The summed E-state index contributed by atoms with van der Waals surface area (Å²) < 4.78 is 12.6. The number of anilines is 1. The van der Waals surface area contributed by atoms with Gasteiger partial charge in [-0.2, -0.15) is 0 Å². The second kappa shape index (κ2) is 8.06. The highest BCUT2D eigenvalue weighted by Crippen LogP contribution is 2.22. The van der Waals surface area contributed by atoms with E-state index in [0.717, 1.165) is 22.7 Å². The number of rotatable bonds is 6. The molecular weight excluding hydrogens is 366 g/mol. The summed E-state index contributed by atoms with van der Waals surface area (Å²) in [6.45, 7) is 1.98. The molecule has 2 aromatic carbocycles. The van der Waals surface area contributed by atoms with Crippen LogP contribution in [0.15, 0.2) is 73.1 Å². The molecule has 29 heavy (non-hydrogen) atoms. The van der Waals surface area contributed by atoms with Crippen LogP contribution in [0.3, 0.4) is 0 Å². The van der Waals surface area contributed by atoms with Gasteiger partial charge in [-0.3, -0.25) is 4.79 Å². The molecule has 0 unspecified atom stereocenters. The minimum absolute atomic E-state index is 0.0696. The van der Waals surface area contributed by atoms with E-state index >= 15 is 0 Å². The highest BCUT2D eigenvalue weighted by molar-refractivity contribution is 5.92. The Morgan fingerprint density at radius 1 is 1.03 bits per heavy atom. The van der Waals surface area contributed by atoms with Crippen molar-refractivity contribution in [3.05, 3.63) is 78.6 Å². The molecule has 0 spiro atoms. The van der Waals surface area contributed by atoms with Gasteiger partial charge in [-0.15, -0.1) is 0 Å². The summed E-state index contributed by atoms with van der Waals surface area (Å²) in [7, 11) is 1.60. The number of imidazole rings is 1. The molecule has 0 radical (unpaired) electrons. The van der Waals surface area contributed by atoms with Crippen molar-refractivity contribution in [3.63, 3.8) is 0 Å². The second-order valence-electron chi connectivity index (χ2n) is 6.69. The van der Waals surface area contributed by atoms with Crippen LogP contribution in [0.1, 0.15) is 5.56 Å². The minimum Gasteiger partial charge on any atom is -0.497 e. The van der Waals surface area contributed by atoms with E-state index in [1.54, 1.807) is 31.4 Å². The number of hydrogen-bond donors (Lipinski definition) is 1. The Kier molecular flexibility index (Phi) is 5.16. The predicted molar refractivity (Wildman–Crippen MR) is 112 cm³/mol. The quantitative estimate of drug-likeness (QED) is 0.535. The summed E-state index contributed by atoms with van der Waals surface area (Å²) in [6.07, 6.45) is 3.99. The number of fused-ring (bicyclic) bond motifs is 1. The van der Waals surface area contributed by atoms with Gasteiger partial charge in [-0.25, -0.2) is 4.98 Å². The van der Waals surface area contributed by atoms with E-state index in [4.69, 9.17) is 9.47 Å². The Morgan fingerprint density at radius 3 is 2.48 bits per heavy atom. The molecule has 0 aliphatic rings. The Labute approximate surface area is 168 Å². The first-order chi connectivity index (χ1) is 14.1. The molecule has 0 bridgehead atoms. The minimum atomic E-state index is -0.225. The number of carbonyl (C=O) groups excluding carboxylic acids is 1. The van der Waals surface area contributed by atoms with Crippen LogP contribution in [0.4, 0.5) is 5.69 Å². The van der Waals surface area contributed by atoms with Crippen molar-refractivity contribution in [3.8, 4) is 22.8 Å². The number of nitrogens with one attached hydrogen (secondary N) is 1. The van der Waals surface area contributed by atoms with Crippen LogP contribution in [-0.2, 0) is 4.79 Å². The molecular formula is C23H21N3O3. The van der Waals surface area contributed by atoms with Crippen molar-refractivity contribution in [1.29, 1.82) is 0 Å². The molecule has 4 rings (SSSR count). The maximum Gasteiger partial charge on any atom is 0.262 e. The van der Waals surface area contributed by atoms with Crippen LogP contribution in [0.25, 0.3) is 16.9 Å². The molecule has 0 fully saturated rings. The number of ether oxygens (including phenoxy) is 2. The maximum atomic E-state index is 12.1. The summed E-state index contributed by atoms with van der Waals surface area (Å²) >= 11 is 0. The smallest absolute Gasteiger partial charge is 0.262 e. The van der Waals surface area contributed by atoms with E-state index < -0.39 is 0 Å². The van der Waals surface area contributed by atoms with E-state index in [0.29, 0.717) is 11.4 Å². The average molecular weight is 387 g/mol. The van der Waals surface area contributed by atoms with Crippen LogP contribution in [0, 0.1) is 6.92 Å².